The van der Waals surface area contributed by atoms with E-state index in [2.05, 4.69) is 20.4 Å². The maximum Gasteiger partial charge on any atom is 0.195 e. The van der Waals surface area contributed by atoms with Crippen LogP contribution in [0.5, 0.6) is 0 Å². The Balaban J connectivity index is 1.94. The fourth-order valence-corrected chi connectivity index (χ4v) is 3.61. The van der Waals surface area contributed by atoms with Crippen molar-refractivity contribution in [2.75, 3.05) is 0 Å². The number of halogens is 2. The number of allylic oxidation sites excluding steroid dienone is 1. The number of para-hydroxylation sites is 1. The zero-order chi connectivity index (χ0) is 18.5. The number of benzene rings is 1. The van der Waals surface area contributed by atoms with E-state index in [0.29, 0.717) is 26.9 Å². The van der Waals surface area contributed by atoms with Gasteiger partial charge in [0.05, 0.1) is 21.3 Å². The minimum atomic E-state index is -1.20. The van der Waals surface area contributed by atoms with E-state index in [1.54, 1.807) is 47.4 Å². The quantitative estimate of drug-likeness (QED) is 0.626. The highest BCUT2D eigenvalue weighted by Gasteiger charge is 2.32. The average Bonchev–Trinajstić information content (AvgIpc) is 2.96. The predicted octanol–water partition coefficient (Wildman–Crippen LogP) is 2.66. The lowest BCUT2D eigenvalue weighted by molar-refractivity contribution is 0.560. The third-order valence-electron chi connectivity index (χ3n) is 4.05. The van der Waals surface area contributed by atoms with Crippen molar-refractivity contribution in [3.8, 4) is 5.69 Å². The van der Waals surface area contributed by atoms with Crippen molar-refractivity contribution in [3.63, 3.8) is 0 Å². The Morgan fingerprint density at radius 1 is 1.19 bits per heavy atom. The molecule has 0 bridgehead atoms. The van der Waals surface area contributed by atoms with E-state index in [0.717, 1.165) is 11.1 Å². The summed E-state index contributed by atoms with van der Waals surface area (Å²) in [5.74, 6) is 0.229. The first-order valence-corrected chi connectivity index (χ1v) is 8.53. The van der Waals surface area contributed by atoms with E-state index in [4.69, 9.17) is 34.7 Å². The van der Waals surface area contributed by atoms with Gasteiger partial charge in [-0.05, 0) is 31.2 Å². The van der Waals surface area contributed by atoms with Crippen LogP contribution in [0.4, 0.5) is 0 Å². The smallest absolute Gasteiger partial charge is 0.195 e. The molecule has 2 aromatic heterocycles. The summed E-state index contributed by atoms with van der Waals surface area (Å²) in [6.07, 6.45) is 5.19. The summed E-state index contributed by atoms with van der Waals surface area (Å²) in [5, 5.41) is 9.20. The Hall–Kier alpha value is -2.61. The second-order valence-corrected chi connectivity index (χ2v) is 6.83. The minimum Gasteiger partial charge on any atom is -0.370 e. The van der Waals surface area contributed by atoms with Gasteiger partial charge in [0.15, 0.2) is 11.6 Å². The molecule has 9 heteroatoms. The van der Waals surface area contributed by atoms with Gasteiger partial charge in [-0.2, -0.15) is 5.10 Å². The molecule has 1 atom stereocenters. The molecule has 0 saturated heterocycles. The van der Waals surface area contributed by atoms with Crippen LogP contribution in [0.2, 0.25) is 10.0 Å². The molecule has 0 saturated carbocycles. The fourth-order valence-electron chi connectivity index (χ4n) is 3.04. The number of nitrogens with two attached hydrogens (primary N) is 2. The minimum absolute atomic E-state index is 0.229. The zero-order valence-corrected chi connectivity index (χ0v) is 15.3. The van der Waals surface area contributed by atoms with Crippen LogP contribution >= 0.6 is 23.2 Å². The first-order valence-electron chi connectivity index (χ1n) is 7.77. The van der Waals surface area contributed by atoms with Crippen LogP contribution in [0.15, 0.2) is 53.4 Å². The van der Waals surface area contributed by atoms with Crippen molar-refractivity contribution >= 4 is 40.1 Å². The standard InChI is InChI=1S/C17H15Cl2N7/c1-9-7-17(21,24-16(20)23-9)15-10-8-26(25-13(10)5-6-22-15)14-11(18)3-2-4-12(14)19/h2-8H,21H2,1H3,(H3,20,23,24). The third kappa shape index (κ3) is 2.70. The molecule has 0 radical (unpaired) electrons. The van der Waals surface area contributed by atoms with Gasteiger partial charge in [0.25, 0.3) is 0 Å². The van der Waals surface area contributed by atoms with Gasteiger partial charge in [-0.3, -0.25) is 10.7 Å². The second kappa shape index (κ2) is 5.98. The summed E-state index contributed by atoms with van der Waals surface area (Å²) in [6, 6.07) is 7.07. The van der Waals surface area contributed by atoms with Crippen molar-refractivity contribution in [3.05, 3.63) is 64.2 Å². The topological polar surface area (TPSA) is 107 Å². The van der Waals surface area contributed by atoms with Crippen LogP contribution in [0, 0.1) is 0 Å². The number of nitrogens with one attached hydrogen (secondary N) is 1. The van der Waals surface area contributed by atoms with Gasteiger partial charge in [0.1, 0.15) is 5.69 Å². The van der Waals surface area contributed by atoms with Crippen molar-refractivity contribution in [2.45, 2.75) is 12.6 Å². The van der Waals surface area contributed by atoms with Crippen LogP contribution in [0.1, 0.15) is 12.6 Å². The van der Waals surface area contributed by atoms with E-state index in [-0.39, 0.29) is 5.96 Å². The molecule has 0 amide bonds. The highest BCUT2D eigenvalue weighted by molar-refractivity contribution is 6.37. The predicted molar refractivity (Wildman–Crippen MR) is 103 cm³/mol. The van der Waals surface area contributed by atoms with E-state index >= 15 is 0 Å². The average molecular weight is 388 g/mol. The normalized spacial score (nSPS) is 19.8. The van der Waals surface area contributed by atoms with Crippen molar-refractivity contribution in [1.29, 1.82) is 0 Å². The Kier molecular flexibility index (Phi) is 3.87. The molecule has 1 unspecified atom stereocenters. The summed E-state index contributed by atoms with van der Waals surface area (Å²) >= 11 is 12.6. The van der Waals surface area contributed by atoms with Crippen molar-refractivity contribution < 1.29 is 0 Å². The van der Waals surface area contributed by atoms with Crippen LogP contribution in [0.25, 0.3) is 16.6 Å². The van der Waals surface area contributed by atoms with Gasteiger partial charge in [-0.25, -0.2) is 9.67 Å². The molecular weight excluding hydrogens is 373 g/mol. The Labute approximate surface area is 159 Å². The lowest BCUT2D eigenvalue weighted by atomic mass is 10.0. The van der Waals surface area contributed by atoms with Gasteiger partial charge >= 0.3 is 0 Å². The van der Waals surface area contributed by atoms with Gasteiger partial charge in [-0.15, -0.1) is 0 Å². The van der Waals surface area contributed by atoms with E-state index in [1.165, 1.54) is 0 Å². The fraction of sp³-hybridized carbons (Fsp3) is 0.118. The summed E-state index contributed by atoms with van der Waals surface area (Å²) in [5.41, 5.74) is 13.8. The van der Waals surface area contributed by atoms with Gasteiger partial charge < -0.3 is 11.1 Å². The lowest BCUT2D eigenvalue weighted by Crippen LogP contribution is -2.44. The zero-order valence-electron chi connectivity index (χ0n) is 13.7. The molecule has 132 valence electrons. The molecule has 1 aliphatic heterocycles. The second-order valence-electron chi connectivity index (χ2n) is 6.01. The summed E-state index contributed by atoms with van der Waals surface area (Å²) < 4.78 is 1.62. The summed E-state index contributed by atoms with van der Waals surface area (Å²) in [6.45, 7) is 1.86. The van der Waals surface area contributed by atoms with E-state index in [9.17, 15) is 0 Å². The molecule has 0 spiro atoms. The van der Waals surface area contributed by atoms with Crippen molar-refractivity contribution in [2.24, 2.45) is 16.5 Å². The number of aromatic nitrogens is 3. The molecule has 7 nitrogen and oxygen atoms in total. The van der Waals surface area contributed by atoms with Crippen LogP contribution in [-0.4, -0.2) is 20.7 Å². The molecule has 5 N–H and O–H groups in total. The number of pyridine rings is 1. The Morgan fingerprint density at radius 2 is 1.92 bits per heavy atom. The number of nitrogens with zero attached hydrogens (tertiary/aromatic N) is 4. The third-order valence-corrected chi connectivity index (χ3v) is 4.66. The number of guanidine groups is 1. The highest BCUT2D eigenvalue weighted by Crippen LogP contribution is 2.32. The lowest BCUT2D eigenvalue weighted by Gasteiger charge is -2.27. The molecule has 3 heterocycles. The molecule has 4 rings (SSSR count). The number of hydrogen-bond acceptors (Lipinski definition) is 6. The van der Waals surface area contributed by atoms with E-state index in [1.807, 2.05) is 6.92 Å². The van der Waals surface area contributed by atoms with Gasteiger partial charge in [0, 0.05) is 23.5 Å². The molecular formula is C17H15Cl2N7. The maximum atomic E-state index is 6.50. The number of hydrogen-bond donors (Lipinski definition) is 3. The van der Waals surface area contributed by atoms with Gasteiger partial charge in [-0.1, -0.05) is 29.3 Å². The monoisotopic (exact) mass is 387 g/mol. The summed E-state index contributed by atoms with van der Waals surface area (Å²) in [7, 11) is 0. The van der Waals surface area contributed by atoms with Gasteiger partial charge in [0.2, 0.25) is 0 Å². The maximum absolute atomic E-state index is 6.50. The Bertz CT molecular complexity index is 1050. The van der Waals surface area contributed by atoms with Crippen molar-refractivity contribution in [1.82, 2.24) is 20.1 Å². The largest absolute Gasteiger partial charge is 0.370 e. The molecule has 3 aromatic rings. The SMILES string of the molecule is CC1=CC(N)(c2nccc3nn(-c4c(Cl)cccc4Cl)cc23)N=C(N)N1. The number of fused-ring (bicyclic) bond motifs is 1. The summed E-state index contributed by atoms with van der Waals surface area (Å²) in [4.78, 5) is 8.78. The van der Waals surface area contributed by atoms with E-state index < -0.39 is 5.66 Å². The molecule has 1 aliphatic rings. The number of aliphatic imine (C=N–C) groups is 1. The molecule has 1 aromatic carbocycles. The molecule has 0 fully saturated rings. The highest BCUT2D eigenvalue weighted by atomic mass is 35.5. The first-order chi connectivity index (χ1) is 12.4. The molecule has 26 heavy (non-hydrogen) atoms. The number of rotatable bonds is 2. The van der Waals surface area contributed by atoms with Crippen LogP contribution in [-0.2, 0) is 5.66 Å². The first kappa shape index (κ1) is 16.8. The molecule has 0 aliphatic carbocycles. The van der Waals surface area contributed by atoms with Crippen LogP contribution in [0.3, 0.4) is 0 Å². The Morgan fingerprint density at radius 3 is 2.62 bits per heavy atom. The van der Waals surface area contributed by atoms with Crippen LogP contribution < -0.4 is 16.8 Å².